The molecular formula is C25H27ClF7N3O2. The minimum absolute atomic E-state index is 0. The Hall–Kier alpha value is -2.86. The normalized spacial score (nSPS) is 18.6. The first-order chi connectivity index (χ1) is 17.1. The summed E-state index contributed by atoms with van der Waals surface area (Å²) in [7, 11) is 1.31. The fourth-order valence-electron chi connectivity index (χ4n) is 4.79. The average Bonchev–Trinajstić information content (AvgIpc) is 2.77. The molecule has 38 heavy (non-hydrogen) atoms. The van der Waals surface area contributed by atoms with Crippen LogP contribution in [0.15, 0.2) is 36.4 Å². The molecule has 1 fully saturated rings. The molecule has 2 atom stereocenters. The van der Waals surface area contributed by atoms with Crippen LogP contribution in [0.1, 0.15) is 40.2 Å². The number of hydrogen-bond donors (Lipinski definition) is 1. The van der Waals surface area contributed by atoms with Gasteiger partial charge in [0, 0.05) is 32.0 Å². The van der Waals surface area contributed by atoms with Crippen LogP contribution in [-0.4, -0.2) is 48.3 Å². The predicted molar refractivity (Wildman–Crippen MR) is 128 cm³/mol. The Morgan fingerprint density at radius 1 is 1.03 bits per heavy atom. The Balaban J connectivity index is 0.00000507. The zero-order valence-corrected chi connectivity index (χ0v) is 21.3. The van der Waals surface area contributed by atoms with Gasteiger partial charge in [0.05, 0.1) is 17.7 Å². The smallest absolute Gasteiger partial charge is 0.369 e. The van der Waals surface area contributed by atoms with Crippen molar-refractivity contribution in [3.63, 3.8) is 0 Å². The molecule has 2 amide bonds. The Morgan fingerprint density at radius 3 is 2.11 bits per heavy atom. The van der Waals surface area contributed by atoms with Crippen LogP contribution < -0.4 is 5.73 Å². The number of aryl methyl sites for hydroxylation is 1. The molecule has 0 bridgehead atoms. The second-order valence-corrected chi connectivity index (χ2v) is 9.31. The van der Waals surface area contributed by atoms with E-state index in [1.807, 2.05) is 0 Å². The van der Waals surface area contributed by atoms with Crippen LogP contribution in [-0.2, 0) is 28.5 Å². The van der Waals surface area contributed by atoms with Gasteiger partial charge in [-0.2, -0.15) is 26.3 Å². The zero-order valence-electron chi connectivity index (χ0n) is 20.5. The van der Waals surface area contributed by atoms with Crippen molar-refractivity contribution in [2.24, 2.45) is 11.7 Å². The van der Waals surface area contributed by atoms with E-state index in [1.54, 1.807) is 11.8 Å². The van der Waals surface area contributed by atoms with Crippen LogP contribution in [0.3, 0.4) is 0 Å². The lowest BCUT2D eigenvalue weighted by molar-refractivity contribution is -0.143. The molecule has 0 radical (unpaired) electrons. The molecule has 1 heterocycles. The third-order valence-corrected chi connectivity index (χ3v) is 6.47. The van der Waals surface area contributed by atoms with Crippen molar-refractivity contribution in [2.45, 2.75) is 38.2 Å². The maximum absolute atomic E-state index is 13.7. The first-order valence-corrected chi connectivity index (χ1v) is 11.4. The fraction of sp³-hybridized carbons (Fsp3) is 0.440. The van der Waals surface area contributed by atoms with Gasteiger partial charge in [0.1, 0.15) is 5.82 Å². The zero-order chi connectivity index (χ0) is 27.7. The second-order valence-electron chi connectivity index (χ2n) is 9.31. The van der Waals surface area contributed by atoms with Gasteiger partial charge >= 0.3 is 12.4 Å². The summed E-state index contributed by atoms with van der Waals surface area (Å²) < 4.78 is 93.2. The largest absolute Gasteiger partial charge is 0.416 e. The molecule has 1 aliphatic rings. The van der Waals surface area contributed by atoms with E-state index in [2.05, 4.69) is 0 Å². The van der Waals surface area contributed by atoms with Crippen LogP contribution >= 0.6 is 12.4 Å². The van der Waals surface area contributed by atoms with Gasteiger partial charge in [0.15, 0.2) is 0 Å². The van der Waals surface area contributed by atoms with E-state index >= 15 is 0 Å². The summed E-state index contributed by atoms with van der Waals surface area (Å²) in [6.07, 6.45) is -9.75. The number of hydrogen-bond acceptors (Lipinski definition) is 3. The molecule has 0 unspecified atom stereocenters. The monoisotopic (exact) mass is 569 g/mol. The summed E-state index contributed by atoms with van der Waals surface area (Å²) >= 11 is 0. The summed E-state index contributed by atoms with van der Waals surface area (Å²) in [6.45, 7) is 1.69. The SMILES string of the molecule is Cc1cc(F)ccc1[C@@H]1CN(CC(N)=O)CC[C@H]1C(=O)N(C)Cc1cc(C(F)(F)F)cc(C(F)(F)F)c1.Cl. The van der Waals surface area contributed by atoms with Crippen molar-refractivity contribution < 1.29 is 40.3 Å². The Labute approximate surface area is 221 Å². The Kier molecular flexibility index (Phi) is 9.82. The lowest BCUT2D eigenvalue weighted by Crippen LogP contribution is -2.48. The standard InChI is InChI=1S/C25H26F7N3O2.ClH/c1-14-7-18(26)3-4-19(14)21-12-35(13-22(33)36)6-5-20(21)23(37)34(2)11-15-8-16(24(27,28)29)10-17(9-15)25(30,31)32;/h3-4,7-10,20-21H,5-6,11-13H2,1-2H3,(H2,33,36);1H/t20-,21+;/m1./s1. The highest BCUT2D eigenvalue weighted by Crippen LogP contribution is 2.38. The fourth-order valence-corrected chi connectivity index (χ4v) is 4.79. The molecule has 5 nitrogen and oxygen atoms in total. The number of nitrogens with zero attached hydrogens (tertiary/aromatic N) is 2. The number of alkyl halides is 6. The molecule has 1 saturated heterocycles. The summed E-state index contributed by atoms with van der Waals surface area (Å²) in [6, 6.07) is 5.29. The van der Waals surface area contributed by atoms with Crippen molar-refractivity contribution in [3.05, 3.63) is 70.0 Å². The second kappa shape index (κ2) is 11.9. The van der Waals surface area contributed by atoms with Crippen molar-refractivity contribution in [3.8, 4) is 0 Å². The topological polar surface area (TPSA) is 66.6 Å². The number of primary amides is 1. The number of halogens is 8. The number of piperidine rings is 1. The van der Waals surface area contributed by atoms with Crippen molar-refractivity contribution >= 4 is 24.2 Å². The van der Waals surface area contributed by atoms with E-state index in [1.165, 1.54) is 25.2 Å². The molecule has 0 saturated carbocycles. The van der Waals surface area contributed by atoms with Crippen LogP contribution in [0.5, 0.6) is 0 Å². The number of carbonyl (C=O) groups is 2. The lowest BCUT2D eigenvalue weighted by atomic mass is 9.78. The van der Waals surface area contributed by atoms with Gasteiger partial charge in [-0.05, 0) is 66.9 Å². The highest BCUT2D eigenvalue weighted by atomic mass is 35.5. The molecule has 0 spiro atoms. The molecule has 13 heteroatoms. The molecule has 210 valence electrons. The van der Waals surface area contributed by atoms with Crippen LogP contribution in [0.25, 0.3) is 0 Å². The lowest BCUT2D eigenvalue weighted by Gasteiger charge is -2.39. The van der Waals surface area contributed by atoms with Crippen molar-refractivity contribution in [1.29, 1.82) is 0 Å². The van der Waals surface area contributed by atoms with E-state index in [0.717, 1.165) is 4.90 Å². The van der Waals surface area contributed by atoms with E-state index in [-0.39, 0.29) is 43.5 Å². The molecule has 2 aromatic carbocycles. The minimum atomic E-state index is -5.00. The van der Waals surface area contributed by atoms with Crippen molar-refractivity contribution in [2.75, 3.05) is 26.7 Å². The quantitative estimate of drug-likeness (QED) is 0.490. The van der Waals surface area contributed by atoms with Gasteiger partial charge in [-0.15, -0.1) is 12.4 Å². The number of carbonyl (C=O) groups excluding carboxylic acids is 2. The Morgan fingerprint density at radius 2 is 1.61 bits per heavy atom. The number of amides is 2. The number of rotatable bonds is 6. The molecule has 3 rings (SSSR count). The molecular weight excluding hydrogens is 543 g/mol. The van der Waals surface area contributed by atoms with Crippen molar-refractivity contribution in [1.82, 2.24) is 9.80 Å². The molecule has 1 aliphatic heterocycles. The summed E-state index contributed by atoms with van der Waals surface area (Å²) in [4.78, 5) is 27.7. The van der Waals surface area contributed by atoms with Crippen LogP contribution in [0.4, 0.5) is 30.7 Å². The third kappa shape index (κ3) is 7.59. The number of nitrogens with two attached hydrogens (primary N) is 1. The highest BCUT2D eigenvalue weighted by molar-refractivity contribution is 5.85. The summed E-state index contributed by atoms with van der Waals surface area (Å²) in [5.41, 5.74) is 3.29. The molecule has 0 aromatic heterocycles. The third-order valence-electron chi connectivity index (χ3n) is 6.47. The van der Waals surface area contributed by atoms with Gasteiger partial charge in [0.25, 0.3) is 0 Å². The Bertz CT molecular complexity index is 1140. The highest BCUT2D eigenvalue weighted by Gasteiger charge is 2.39. The first-order valence-electron chi connectivity index (χ1n) is 11.4. The van der Waals surface area contributed by atoms with Gasteiger partial charge in [-0.3, -0.25) is 14.5 Å². The van der Waals surface area contributed by atoms with E-state index in [0.29, 0.717) is 29.8 Å². The van der Waals surface area contributed by atoms with E-state index in [9.17, 15) is 40.3 Å². The first kappa shape index (κ1) is 31.4. The molecule has 2 N–H and O–H groups in total. The maximum atomic E-state index is 13.7. The summed E-state index contributed by atoms with van der Waals surface area (Å²) in [5.74, 6) is -2.74. The van der Waals surface area contributed by atoms with Gasteiger partial charge < -0.3 is 10.6 Å². The van der Waals surface area contributed by atoms with E-state index < -0.39 is 59.5 Å². The molecule has 2 aromatic rings. The van der Waals surface area contributed by atoms with Crippen LogP contribution in [0.2, 0.25) is 0 Å². The number of benzene rings is 2. The number of likely N-dealkylation sites (tertiary alicyclic amines) is 1. The minimum Gasteiger partial charge on any atom is -0.369 e. The van der Waals surface area contributed by atoms with E-state index in [4.69, 9.17) is 5.73 Å². The van der Waals surface area contributed by atoms with Gasteiger partial charge in [-0.25, -0.2) is 4.39 Å². The summed E-state index contributed by atoms with van der Waals surface area (Å²) in [5, 5.41) is 0. The van der Waals surface area contributed by atoms with Gasteiger partial charge in [-0.1, -0.05) is 6.07 Å². The predicted octanol–water partition coefficient (Wildman–Crippen LogP) is 5.14. The van der Waals surface area contributed by atoms with Gasteiger partial charge in [0.2, 0.25) is 11.8 Å². The average molecular weight is 570 g/mol. The van der Waals surface area contributed by atoms with Crippen LogP contribution in [0, 0.1) is 18.7 Å². The molecule has 0 aliphatic carbocycles. The maximum Gasteiger partial charge on any atom is 0.416 e.